The third-order valence-electron chi connectivity index (χ3n) is 4.32. The Morgan fingerprint density at radius 3 is 2.18 bits per heavy atom. The number of ether oxygens (including phenoxy) is 2. The summed E-state index contributed by atoms with van der Waals surface area (Å²) in [5.74, 6) is 1.48. The number of benzene rings is 1. The van der Waals surface area contributed by atoms with Gasteiger partial charge in [-0.3, -0.25) is 4.79 Å². The molecule has 1 amide bonds. The van der Waals surface area contributed by atoms with Gasteiger partial charge in [0.15, 0.2) is 11.5 Å². The Kier molecular flexibility index (Phi) is 4.69. The third kappa shape index (κ3) is 3.21. The minimum Gasteiger partial charge on any atom is -0.493 e. The van der Waals surface area contributed by atoms with Crippen LogP contribution in [0.1, 0.15) is 52.0 Å². The lowest BCUT2D eigenvalue weighted by Crippen LogP contribution is -2.50. The first-order valence-electron chi connectivity index (χ1n) is 7.87. The summed E-state index contributed by atoms with van der Waals surface area (Å²) in [5.41, 5.74) is 0.334. The SMILES string of the molecule is COc1ccc(C2(C(=O)NC(C)(C)C)CCCC2)cc1OC. The molecule has 0 bridgehead atoms. The topological polar surface area (TPSA) is 47.6 Å². The standard InChI is InChI=1S/C18H27NO3/c1-17(2,3)19-16(20)18(10-6-7-11-18)13-8-9-14(21-4)15(12-13)22-5/h8-9,12H,6-7,10-11H2,1-5H3,(H,19,20). The number of amides is 1. The Hall–Kier alpha value is -1.71. The van der Waals surface area contributed by atoms with Crippen LogP contribution in [0, 0.1) is 0 Å². The van der Waals surface area contributed by atoms with Crippen LogP contribution in [0.5, 0.6) is 11.5 Å². The molecule has 122 valence electrons. The van der Waals surface area contributed by atoms with Crippen molar-refractivity contribution >= 4 is 5.91 Å². The molecule has 1 fully saturated rings. The smallest absolute Gasteiger partial charge is 0.231 e. The highest BCUT2D eigenvalue weighted by molar-refractivity contribution is 5.89. The minimum absolute atomic E-state index is 0.115. The predicted octanol–water partition coefficient (Wildman–Crippen LogP) is 3.43. The Balaban J connectivity index is 2.41. The first kappa shape index (κ1) is 16.7. The Labute approximate surface area is 133 Å². The molecule has 2 rings (SSSR count). The van der Waals surface area contributed by atoms with E-state index in [-0.39, 0.29) is 11.4 Å². The Morgan fingerprint density at radius 2 is 1.68 bits per heavy atom. The fourth-order valence-electron chi connectivity index (χ4n) is 3.22. The molecule has 1 N–H and O–H groups in total. The van der Waals surface area contributed by atoms with Gasteiger partial charge < -0.3 is 14.8 Å². The summed E-state index contributed by atoms with van der Waals surface area (Å²) in [7, 11) is 3.24. The van der Waals surface area contributed by atoms with E-state index in [1.165, 1.54) is 0 Å². The first-order valence-corrected chi connectivity index (χ1v) is 7.87. The van der Waals surface area contributed by atoms with Gasteiger partial charge in [0, 0.05) is 5.54 Å². The Morgan fingerprint density at radius 1 is 1.09 bits per heavy atom. The molecule has 1 saturated carbocycles. The van der Waals surface area contributed by atoms with Crippen LogP contribution in [0.4, 0.5) is 0 Å². The molecule has 1 aliphatic carbocycles. The number of methoxy groups -OCH3 is 2. The minimum atomic E-state index is -0.452. The van der Waals surface area contributed by atoms with Crippen molar-refractivity contribution < 1.29 is 14.3 Å². The van der Waals surface area contributed by atoms with Crippen molar-refractivity contribution in [3.63, 3.8) is 0 Å². The van der Waals surface area contributed by atoms with Gasteiger partial charge in [-0.05, 0) is 51.3 Å². The highest BCUT2D eigenvalue weighted by atomic mass is 16.5. The van der Waals surface area contributed by atoms with Crippen LogP contribution in [0.15, 0.2) is 18.2 Å². The highest BCUT2D eigenvalue weighted by Gasteiger charge is 2.44. The number of hydrogen-bond acceptors (Lipinski definition) is 3. The van der Waals surface area contributed by atoms with Crippen LogP contribution >= 0.6 is 0 Å². The fourth-order valence-corrected chi connectivity index (χ4v) is 3.22. The number of nitrogens with one attached hydrogen (secondary N) is 1. The first-order chi connectivity index (χ1) is 10.3. The van der Waals surface area contributed by atoms with Gasteiger partial charge >= 0.3 is 0 Å². The lowest BCUT2D eigenvalue weighted by Gasteiger charge is -2.33. The quantitative estimate of drug-likeness (QED) is 0.927. The van der Waals surface area contributed by atoms with Crippen molar-refractivity contribution in [1.29, 1.82) is 0 Å². The predicted molar refractivity (Wildman–Crippen MR) is 87.6 cm³/mol. The zero-order chi connectivity index (χ0) is 16.4. The average molecular weight is 305 g/mol. The number of rotatable bonds is 4. The normalized spacial score (nSPS) is 17.1. The largest absolute Gasteiger partial charge is 0.493 e. The Bertz CT molecular complexity index is 540. The van der Waals surface area contributed by atoms with Crippen molar-refractivity contribution in [2.45, 2.75) is 57.4 Å². The summed E-state index contributed by atoms with van der Waals surface area (Å²) in [6.07, 6.45) is 3.91. The summed E-state index contributed by atoms with van der Waals surface area (Å²) >= 11 is 0. The second-order valence-electron chi connectivity index (χ2n) is 7.06. The van der Waals surface area contributed by atoms with Crippen molar-refractivity contribution in [2.24, 2.45) is 0 Å². The number of carbonyl (C=O) groups is 1. The fraction of sp³-hybridized carbons (Fsp3) is 0.611. The van der Waals surface area contributed by atoms with E-state index >= 15 is 0 Å². The summed E-state index contributed by atoms with van der Waals surface area (Å²) in [5, 5.41) is 3.16. The zero-order valence-corrected chi connectivity index (χ0v) is 14.3. The lowest BCUT2D eigenvalue weighted by atomic mass is 9.77. The molecular weight excluding hydrogens is 278 g/mol. The van der Waals surface area contributed by atoms with Gasteiger partial charge in [-0.2, -0.15) is 0 Å². The van der Waals surface area contributed by atoms with Gasteiger partial charge in [-0.1, -0.05) is 18.9 Å². The maximum absolute atomic E-state index is 13.0. The van der Waals surface area contributed by atoms with Crippen LogP contribution in [0.3, 0.4) is 0 Å². The van der Waals surface area contributed by atoms with E-state index in [0.717, 1.165) is 31.2 Å². The van der Waals surface area contributed by atoms with Crippen LogP contribution < -0.4 is 14.8 Å². The average Bonchev–Trinajstić information content (AvgIpc) is 2.95. The van der Waals surface area contributed by atoms with E-state index in [0.29, 0.717) is 11.5 Å². The van der Waals surface area contributed by atoms with E-state index < -0.39 is 5.41 Å². The maximum Gasteiger partial charge on any atom is 0.231 e. The monoisotopic (exact) mass is 305 g/mol. The number of carbonyl (C=O) groups excluding carboxylic acids is 1. The van der Waals surface area contributed by atoms with Crippen molar-refractivity contribution in [3.8, 4) is 11.5 Å². The van der Waals surface area contributed by atoms with E-state index in [9.17, 15) is 4.79 Å². The van der Waals surface area contributed by atoms with Crippen molar-refractivity contribution in [1.82, 2.24) is 5.32 Å². The van der Waals surface area contributed by atoms with Crippen LogP contribution in [-0.4, -0.2) is 25.7 Å². The summed E-state index contributed by atoms with van der Waals surface area (Å²) in [4.78, 5) is 13.0. The molecule has 1 aromatic carbocycles. The van der Waals surface area contributed by atoms with Gasteiger partial charge in [0.2, 0.25) is 5.91 Å². The lowest BCUT2D eigenvalue weighted by molar-refractivity contribution is -0.128. The van der Waals surface area contributed by atoms with Crippen LogP contribution in [0.25, 0.3) is 0 Å². The highest BCUT2D eigenvalue weighted by Crippen LogP contribution is 2.44. The molecule has 0 atom stereocenters. The molecule has 0 spiro atoms. The molecule has 0 saturated heterocycles. The molecule has 4 nitrogen and oxygen atoms in total. The van der Waals surface area contributed by atoms with E-state index in [1.54, 1.807) is 14.2 Å². The maximum atomic E-state index is 13.0. The van der Waals surface area contributed by atoms with Crippen LogP contribution in [0.2, 0.25) is 0 Å². The molecule has 0 heterocycles. The molecule has 22 heavy (non-hydrogen) atoms. The molecular formula is C18H27NO3. The molecule has 1 aliphatic rings. The van der Waals surface area contributed by atoms with Crippen LogP contribution in [-0.2, 0) is 10.2 Å². The molecule has 0 aliphatic heterocycles. The molecule has 4 heteroatoms. The molecule has 0 radical (unpaired) electrons. The van der Waals surface area contributed by atoms with Crippen molar-refractivity contribution in [2.75, 3.05) is 14.2 Å². The van der Waals surface area contributed by atoms with E-state index in [2.05, 4.69) is 5.32 Å². The summed E-state index contributed by atoms with van der Waals surface area (Å²) in [6, 6.07) is 5.83. The summed E-state index contributed by atoms with van der Waals surface area (Å²) < 4.78 is 10.7. The zero-order valence-electron chi connectivity index (χ0n) is 14.3. The third-order valence-corrected chi connectivity index (χ3v) is 4.32. The molecule has 0 unspecified atom stereocenters. The van der Waals surface area contributed by atoms with Gasteiger partial charge in [-0.25, -0.2) is 0 Å². The van der Waals surface area contributed by atoms with Gasteiger partial charge in [-0.15, -0.1) is 0 Å². The van der Waals surface area contributed by atoms with E-state index in [4.69, 9.17) is 9.47 Å². The van der Waals surface area contributed by atoms with Gasteiger partial charge in [0.25, 0.3) is 0 Å². The second-order valence-corrected chi connectivity index (χ2v) is 7.06. The van der Waals surface area contributed by atoms with Crippen molar-refractivity contribution in [3.05, 3.63) is 23.8 Å². The number of hydrogen-bond donors (Lipinski definition) is 1. The molecule has 0 aromatic heterocycles. The van der Waals surface area contributed by atoms with E-state index in [1.807, 2.05) is 39.0 Å². The second kappa shape index (κ2) is 6.19. The van der Waals surface area contributed by atoms with Gasteiger partial charge in [0.05, 0.1) is 19.6 Å². The molecule has 1 aromatic rings. The summed E-state index contributed by atoms with van der Waals surface area (Å²) in [6.45, 7) is 6.05. The van der Waals surface area contributed by atoms with Gasteiger partial charge in [0.1, 0.15) is 0 Å².